The molecule has 8 heteroatoms. The van der Waals surface area contributed by atoms with Gasteiger partial charge in [-0.2, -0.15) is 5.10 Å². The van der Waals surface area contributed by atoms with E-state index in [1.807, 2.05) is 53.1 Å². The molecule has 0 spiro atoms. The Morgan fingerprint density at radius 2 is 1.65 bits per heavy atom. The average molecular weight is 545 g/mol. The highest BCUT2D eigenvalue weighted by Gasteiger charge is 2.17. The fourth-order valence-corrected chi connectivity index (χ4v) is 5.64. The first-order valence-corrected chi connectivity index (χ1v) is 14.1. The minimum atomic E-state index is -0.218. The summed E-state index contributed by atoms with van der Waals surface area (Å²) in [6.07, 6.45) is 1.68. The van der Waals surface area contributed by atoms with Crippen LogP contribution in [-0.4, -0.2) is 37.2 Å². The van der Waals surface area contributed by atoms with Crippen LogP contribution in [0.25, 0.3) is 38.9 Å². The number of hydrazone groups is 1. The molecule has 7 nitrogen and oxygen atoms in total. The maximum atomic E-state index is 12.7. The van der Waals surface area contributed by atoms with Crippen LogP contribution in [0.3, 0.4) is 0 Å². The normalized spacial score (nSPS) is 11.6. The van der Waals surface area contributed by atoms with Crippen molar-refractivity contribution in [2.45, 2.75) is 25.5 Å². The van der Waals surface area contributed by atoms with Crippen molar-refractivity contribution in [1.82, 2.24) is 24.8 Å². The summed E-state index contributed by atoms with van der Waals surface area (Å²) >= 11 is 1.33. The number of benzene rings is 4. The average Bonchev–Trinajstić information content (AvgIpc) is 3.56. The van der Waals surface area contributed by atoms with Gasteiger partial charge in [0, 0.05) is 39.6 Å². The van der Waals surface area contributed by atoms with Crippen molar-refractivity contribution in [3.05, 3.63) is 108 Å². The number of thioether (sulfide) groups is 1. The summed E-state index contributed by atoms with van der Waals surface area (Å²) in [5.74, 6) is 0.661. The Hall–Kier alpha value is -4.69. The van der Waals surface area contributed by atoms with Gasteiger partial charge in [0.25, 0.3) is 5.91 Å². The highest BCUT2D eigenvalue weighted by molar-refractivity contribution is 7.99. The third-order valence-electron chi connectivity index (χ3n) is 6.81. The zero-order chi connectivity index (χ0) is 27.5. The molecule has 2 heterocycles. The number of aromatic nitrogens is 4. The predicted molar refractivity (Wildman–Crippen MR) is 163 cm³/mol. The van der Waals surface area contributed by atoms with Gasteiger partial charge in [0.2, 0.25) is 0 Å². The van der Waals surface area contributed by atoms with Crippen LogP contribution >= 0.6 is 11.8 Å². The first-order valence-electron chi connectivity index (χ1n) is 13.2. The molecule has 40 heavy (non-hydrogen) atoms. The van der Waals surface area contributed by atoms with Gasteiger partial charge in [-0.15, -0.1) is 10.2 Å². The van der Waals surface area contributed by atoms with Gasteiger partial charge in [0.05, 0.1) is 12.0 Å². The van der Waals surface area contributed by atoms with E-state index in [0.717, 1.165) is 29.2 Å². The number of rotatable bonds is 8. The van der Waals surface area contributed by atoms with Crippen molar-refractivity contribution in [3.63, 3.8) is 0 Å². The predicted octanol–water partition coefficient (Wildman–Crippen LogP) is 6.61. The SMILES string of the molecule is CCn1c2ccccc2c2cc(C=NNC(=O)CSc3nnc(-c4ccccc4)n3-c3ccc(C)cc3)ccc21. The molecule has 0 bridgehead atoms. The highest BCUT2D eigenvalue weighted by Crippen LogP contribution is 2.30. The van der Waals surface area contributed by atoms with Gasteiger partial charge in [0.15, 0.2) is 11.0 Å². The molecular weight excluding hydrogens is 516 g/mol. The summed E-state index contributed by atoms with van der Waals surface area (Å²) in [6.45, 7) is 5.10. The van der Waals surface area contributed by atoms with Crippen LogP contribution in [0.5, 0.6) is 0 Å². The Morgan fingerprint density at radius 3 is 2.45 bits per heavy atom. The molecule has 0 aliphatic carbocycles. The largest absolute Gasteiger partial charge is 0.341 e. The quantitative estimate of drug-likeness (QED) is 0.133. The van der Waals surface area contributed by atoms with Crippen molar-refractivity contribution in [2.75, 3.05) is 5.75 Å². The molecule has 4 aromatic carbocycles. The minimum absolute atomic E-state index is 0.152. The van der Waals surface area contributed by atoms with E-state index in [-0.39, 0.29) is 11.7 Å². The van der Waals surface area contributed by atoms with Gasteiger partial charge in [-0.1, -0.05) is 84.1 Å². The second-order valence-corrected chi connectivity index (χ2v) is 10.4. The Bertz CT molecular complexity index is 1840. The Labute approximate surface area is 236 Å². The molecule has 6 aromatic rings. The van der Waals surface area contributed by atoms with E-state index in [4.69, 9.17) is 0 Å². The molecule has 0 radical (unpaired) electrons. The lowest BCUT2D eigenvalue weighted by Crippen LogP contribution is -2.20. The lowest BCUT2D eigenvalue weighted by Gasteiger charge is -2.10. The van der Waals surface area contributed by atoms with E-state index < -0.39 is 0 Å². The molecule has 0 atom stereocenters. The molecule has 0 unspecified atom stereocenters. The summed E-state index contributed by atoms with van der Waals surface area (Å²) < 4.78 is 4.29. The Kier molecular flexibility index (Phi) is 7.16. The number of fused-ring (bicyclic) bond motifs is 3. The number of nitrogens with zero attached hydrogens (tertiary/aromatic N) is 5. The van der Waals surface area contributed by atoms with Gasteiger partial charge in [-0.3, -0.25) is 9.36 Å². The van der Waals surface area contributed by atoms with E-state index in [1.165, 1.54) is 39.1 Å². The molecule has 2 aromatic heterocycles. The van der Waals surface area contributed by atoms with Crippen molar-refractivity contribution in [2.24, 2.45) is 5.10 Å². The molecule has 1 amide bonds. The van der Waals surface area contributed by atoms with E-state index in [0.29, 0.717) is 5.16 Å². The van der Waals surface area contributed by atoms with Crippen LogP contribution in [0.4, 0.5) is 0 Å². The molecule has 0 fully saturated rings. The third kappa shape index (κ3) is 5.01. The van der Waals surface area contributed by atoms with Crippen LogP contribution in [0.1, 0.15) is 18.1 Å². The number of carbonyl (C=O) groups is 1. The standard InChI is InChI=1S/C32H28N6OS/c1-3-37-28-12-8-7-11-26(28)27-19-23(15-18-29(27)37)20-33-34-30(39)21-40-32-36-35-31(24-9-5-4-6-10-24)38(32)25-16-13-22(2)14-17-25/h4-20H,3,21H2,1-2H3,(H,34,39). The van der Waals surface area contributed by atoms with Crippen LogP contribution in [-0.2, 0) is 11.3 Å². The van der Waals surface area contributed by atoms with Gasteiger partial charge in [-0.25, -0.2) is 5.43 Å². The van der Waals surface area contributed by atoms with Crippen LogP contribution < -0.4 is 5.43 Å². The van der Waals surface area contributed by atoms with Gasteiger partial charge < -0.3 is 4.57 Å². The summed E-state index contributed by atoms with van der Waals surface area (Å²) in [4.78, 5) is 12.7. The molecule has 0 saturated carbocycles. The van der Waals surface area contributed by atoms with Crippen LogP contribution in [0.2, 0.25) is 0 Å². The number of hydrogen-bond acceptors (Lipinski definition) is 5. The smallest absolute Gasteiger partial charge is 0.250 e. The maximum absolute atomic E-state index is 12.7. The van der Waals surface area contributed by atoms with Crippen molar-refractivity contribution in [1.29, 1.82) is 0 Å². The fourth-order valence-electron chi connectivity index (χ4n) is 4.90. The number of amides is 1. The maximum Gasteiger partial charge on any atom is 0.250 e. The third-order valence-corrected chi connectivity index (χ3v) is 7.73. The van der Waals surface area contributed by atoms with Crippen molar-refractivity contribution >= 4 is 45.7 Å². The number of para-hydroxylation sites is 1. The molecule has 0 saturated heterocycles. The number of nitrogens with one attached hydrogen (secondary N) is 1. The fraction of sp³-hybridized carbons (Fsp3) is 0.125. The minimum Gasteiger partial charge on any atom is -0.341 e. The van der Waals surface area contributed by atoms with Crippen molar-refractivity contribution < 1.29 is 4.79 Å². The molecule has 1 N–H and O–H groups in total. The van der Waals surface area contributed by atoms with E-state index in [9.17, 15) is 4.79 Å². The molecule has 0 aliphatic rings. The lowest BCUT2D eigenvalue weighted by molar-refractivity contribution is -0.118. The van der Waals surface area contributed by atoms with Gasteiger partial charge >= 0.3 is 0 Å². The molecular formula is C32H28N6OS. The van der Waals surface area contributed by atoms with E-state index in [2.05, 4.69) is 87.7 Å². The summed E-state index contributed by atoms with van der Waals surface area (Å²) in [5, 5.41) is 16.1. The number of aryl methyl sites for hydroxylation is 2. The highest BCUT2D eigenvalue weighted by atomic mass is 32.2. The first-order chi connectivity index (χ1) is 19.6. The van der Waals surface area contributed by atoms with Crippen molar-refractivity contribution in [3.8, 4) is 17.1 Å². The topological polar surface area (TPSA) is 77.1 Å². The number of hydrogen-bond donors (Lipinski definition) is 1. The lowest BCUT2D eigenvalue weighted by atomic mass is 10.1. The summed E-state index contributed by atoms with van der Waals surface area (Å²) in [6, 6.07) is 32.8. The second kappa shape index (κ2) is 11.2. The summed E-state index contributed by atoms with van der Waals surface area (Å²) in [7, 11) is 0. The molecule has 0 aliphatic heterocycles. The van der Waals surface area contributed by atoms with Gasteiger partial charge in [-0.05, 0) is 49.7 Å². The zero-order valence-corrected chi connectivity index (χ0v) is 23.1. The van der Waals surface area contributed by atoms with Crippen LogP contribution in [0, 0.1) is 6.92 Å². The van der Waals surface area contributed by atoms with E-state index >= 15 is 0 Å². The van der Waals surface area contributed by atoms with Gasteiger partial charge in [0.1, 0.15) is 0 Å². The van der Waals surface area contributed by atoms with E-state index in [1.54, 1.807) is 6.21 Å². The Balaban J connectivity index is 1.17. The summed E-state index contributed by atoms with van der Waals surface area (Å²) in [5.41, 5.74) is 9.04. The molecule has 6 rings (SSSR count). The Morgan fingerprint density at radius 1 is 0.900 bits per heavy atom. The second-order valence-electron chi connectivity index (χ2n) is 9.46. The monoisotopic (exact) mass is 544 g/mol. The molecule has 198 valence electrons. The number of carbonyl (C=O) groups excluding carboxylic acids is 1. The zero-order valence-electron chi connectivity index (χ0n) is 22.3. The van der Waals surface area contributed by atoms with Crippen LogP contribution in [0.15, 0.2) is 107 Å². The first kappa shape index (κ1) is 25.6.